The molecule has 0 radical (unpaired) electrons. The zero-order valence-electron chi connectivity index (χ0n) is 10.7. The summed E-state index contributed by atoms with van der Waals surface area (Å²) in [5.74, 6) is 0.275. The van der Waals surface area contributed by atoms with E-state index in [9.17, 15) is 10.1 Å². The molecule has 0 aliphatic heterocycles. The van der Waals surface area contributed by atoms with E-state index in [0.717, 1.165) is 9.96 Å². The van der Waals surface area contributed by atoms with Crippen LogP contribution < -0.4 is 5.56 Å². The minimum Gasteiger partial charge on any atom is -0.273 e. The summed E-state index contributed by atoms with van der Waals surface area (Å²) in [5, 5.41) is 14.5. The number of aromatic amines is 2. The summed E-state index contributed by atoms with van der Waals surface area (Å²) in [5.41, 5.74) is 0.721. The molecule has 1 aromatic carbocycles. The van der Waals surface area contributed by atoms with Gasteiger partial charge in [-0.2, -0.15) is 5.26 Å². The van der Waals surface area contributed by atoms with Gasteiger partial charge in [0, 0.05) is 0 Å². The van der Waals surface area contributed by atoms with Crippen LogP contribution in [0.4, 0.5) is 0 Å². The second-order valence-corrected chi connectivity index (χ2v) is 4.63. The Hall–Kier alpha value is -2.98. The fraction of sp³-hybridized carbons (Fsp3) is 0. The molecule has 0 unspecified atom stereocenters. The number of hydrogen-bond donors (Lipinski definition) is 2. The normalized spacial score (nSPS) is 11.0. The average Bonchev–Trinajstić information content (AvgIpc) is 2.88. The van der Waals surface area contributed by atoms with Crippen LogP contribution in [0.2, 0.25) is 0 Å². The van der Waals surface area contributed by atoms with E-state index in [1.54, 1.807) is 12.2 Å². The van der Waals surface area contributed by atoms with Crippen LogP contribution in [-0.2, 0) is 0 Å². The van der Waals surface area contributed by atoms with Gasteiger partial charge in [-0.3, -0.25) is 15.0 Å². The molecule has 0 spiro atoms. The van der Waals surface area contributed by atoms with Gasteiger partial charge >= 0.3 is 0 Å². The molecule has 0 saturated heterocycles. The summed E-state index contributed by atoms with van der Waals surface area (Å²) < 4.78 is 1.34. The van der Waals surface area contributed by atoms with E-state index in [-0.39, 0.29) is 16.1 Å². The predicted molar refractivity (Wildman–Crippen MR) is 81.1 cm³/mol. The Bertz CT molecular complexity index is 988. The molecule has 2 aromatic heterocycles. The first-order valence-electron chi connectivity index (χ1n) is 6.07. The van der Waals surface area contributed by atoms with Crippen molar-refractivity contribution in [1.82, 2.24) is 19.6 Å². The molecule has 2 N–H and O–H groups in total. The number of nitrogens with zero attached hydrogens (tertiary/aromatic N) is 3. The van der Waals surface area contributed by atoms with Crippen LogP contribution in [-0.4, -0.2) is 19.6 Å². The van der Waals surface area contributed by atoms with Crippen molar-refractivity contribution in [3.05, 3.63) is 62.3 Å². The van der Waals surface area contributed by atoms with Gasteiger partial charge in [-0.05, 0) is 23.9 Å². The summed E-state index contributed by atoms with van der Waals surface area (Å²) in [6.07, 6.45) is 3.43. The molecule has 6 nitrogen and oxygen atoms in total. The summed E-state index contributed by atoms with van der Waals surface area (Å²) in [6.45, 7) is 0. The highest BCUT2D eigenvalue weighted by molar-refractivity contribution is 7.71. The SMILES string of the molecule is N#Cc1c(C=Cc2ccccc2)nc2[nH][nH]c(=S)n2c1=O. The highest BCUT2D eigenvalue weighted by Gasteiger charge is 2.12. The molecule has 0 amide bonds. The second kappa shape index (κ2) is 5.19. The Morgan fingerprint density at radius 3 is 2.71 bits per heavy atom. The monoisotopic (exact) mass is 295 g/mol. The fourth-order valence-corrected chi connectivity index (χ4v) is 2.16. The van der Waals surface area contributed by atoms with Crippen LogP contribution in [0.3, 0.4) is 0 Å². The van der Waals surface area contributed by atoms with E-state index >= 15 is 0 Å². The number of fused-ring (bicyclic) bond motifs is 1. The van der Waals surface area contributed by atoms with E-state index in [2.05, 4.69) is 15.2 Å². The van der Waals surface area contributed by atoms with Crippen LogP contribution in [0, 0.1) is 16.1 Å². The van der Waals surface area contributed by atoms with Gasteiger partial charge in [0.15, 0.2) is 0 Å². The molecule has 0 aliphatic carbocycles. The highest BCUT2D eigenvalue weighted by atomic mass is 32.1. The molecule has 102 valence electrons. The molecular weight excluding hydrogens is 286 g/mol. The molecule has 21 heavy (non-hydrogen) atoms. The molecule has 0 saturated carbocycles. The van der Waals surface area contributed by atoms with Crippen molar-refractivity contribution in [2.24, 2.45) is 0 Å². The quantitative estimate of drug-likeness (QED) is 0.709. The standard InChI is InChI=1S/C14H9N5OS/c15-8-10-11(7-6-9-4-2-1-3-5-9)16-13-17-18-14(21)19(13)12(10)20/h1-7H,(H,16,17)(H,18,21). The van der Waals surface area contributed by atoms with Gasteiger partial charge in [-0.15, -0.1) is 0 Å². The van der Waals surface area contributed by atoms with Gasteiger partial charge in [0.25, 0.3) is 5.56 Å². The van der Waals surface area contributed by atoms with Gasteiger partial charge in [0.05, 0.1) is 5.69 Å². The fourth-order valence-electron chi connectivity index (χ4n) is 1.94. The lowest BCUT2D eigenvalue weighted by Gasteiger charge is -1.98. The van der Waals surface area contributed by atoms with Gasteiger partial charge in [-0.25, -0.2) is 9.38 Å². The highest BCUT2D eigenvalue weighted by Crippen LogP contribution is 2.09. The maximum Gasteiger partial charge on any atom is 0.279 e. The maximum atomic E-state index is 12.2. The van der Waals surface area contributed by atoms with E-state index in [1.807, 2.05) is 36.4 Å². The minimum atomic E-state index is -0.488. The first kappa shape index (κ1) is 13.0. The number of nitrogens with one attached hydrogen (secondary N) is 2. The zero-order valence-corrected chi connectivity index (χ0v) is 11.5. The average molecular weight is 295 g/mol. The van der Waals surface area contributed by atoms with Crippen molar-refractivity contribution in [3.63, 3.8) is 0 Å². The summed E-state index contributed by atoms with van der Waals surface area (Å²) in [4.78, 5) is 16.5. The molecule has 7 heteroatoms. The Kier molecular flexibility index (Phi) is 3.22. The van der Waals surface area contributed by atoms with Crippen molar-refractivity contribution >= 4 is 30.1 Å². The Morgan fingerprint density at radius 1 is 1.24 bits per heavy atom. The van der Waals surface area contributed by atoms with Gasteiger partial charge < -0.3 is 0 Å². The molecule has 0 fully saturated rings. The molecular formula is C14H9N5OS. The lowest BCUT2D eigenvalue weighted by atomic mass is 10.1. The third kappa shape index (κ3) is 2.28. The first-order valence-corrected chi connectivity index (χ1v) is 6.48. The molecule has 0 aliphatic rings. The zero-order chi connectivity index (χ0) is 14.8. The largest absolute Gasteiger partial charge is 0.279 e. The summed E-state index contributed by atoms with van der Waals surface area (Å²) >= 11 is 4.98. The third-order valence-corrected chi connectivity index (χ3v) is 3.23. The van der Waals surface area contributed by atoms with Crippen LogP contribution in [0.25, 0.3) is 17.9 Å². The van der Waals surface area contributed by atoms with Gasteiger partial charge in [0.1, 0.15) is 11.6 Å². The second-order valence-electron chi connectivity index (χ2n) is 4.25. The number of nitriles is 1. The number of rotatable bonds is 2. The molecule has 0 bridgehead atoms. The molecule has 3 aromatic rings. The first-order chi connectivity index (χ1) is 10.2. The minimum absolute atomic E-state index is 0.0428. The van der Waals surface area contributed by atoms with Crippen molar-refractivity contribution in [1.29, 1.82) is 5.26 Å². The predicted octanol–water partition coefficient (Wildman–Crippen LogP) is 2.12. The molecule has 2 heterocycles. The molecule has 3 rings (SSSR count). The number of H-pyrrole nitrogens is 2. The van der Waals surface area contributed by atoms with Crippen molar-refractivity contribution < 1.29 is 0 Å². The molecule has 0 atom stereocenters. The van der Waals surface area contributed by atoms with Crippen LogP contribution in [0.1, 0.15) is 16.8 Å². The summed E-state index contributed by atoms with van der Waals surface area (Å²) in [6, 6.07) is 11.4. The number of aromatic nitrogens is 4. The van der Waals surface area contributed by atoms with E-state index in [1.165, 1.54) is 0 Å². The number of hydrogen-bond acceptors (Lipinski definition) is 4. The number of benzene rings is 1. The van der Waals surface area contributed by atoms with Gasteiger partial charge in [0.2, 0.25) is 10.5 Å². The third-order valence-electron chi connectivity index (χ3n) is 2.94. The maximum absolute atomic E-state index is 12.2. The smallest absolute Gasteiger partial charge is 0.273 e. The van der Waals surface area contributed by atoms with Crippen molar-refractivity contribution in [2.45, 2.75) is 0 Å². The topological polar surface area (TPSA) is 89.7 Å². The van der Waals surface area contributed by atoms with Crippen LogP contribution in [0.15, 0.2) is 35.1 Å². The van der Waals surface area contributed by atoms with Gasteiger partial charge in [-0.1, -0.05) is 36.4 Å². The lowest BCUT2D eigenvalue weighted by molar-refractivity contribution is 1.02. The van der Waals surface area contributed by atoms with Crippen LogP contribution in [0.5, 0.6) is 0 Å². The Balaban J connectivity index is 2.20. The summed E-state index contributed by atoms with van der Waals surface area (Å²) in [7, 11) is 0. The van der Waals surface area contributed by atoms with E-state index in [0.29, 0.717) is 5.69 Å². The van der Waals surface area contributed by atoms with Crippen molar-refractivity contribution in [2.75, 3.05) is 0 Å². The van der Waals surface area contributed by atoms with Crippen LogP contribution >= 0.6 is 12.2 Å². The lowest BCUT2D eigenvalue weighted by Crippen LogP contribution is -2.19. The van der Waals surface area contributed by atoms with E-state index < -0.39 is 5.56 Å². The Labute approximate surface area is 124 Å². The Morgan fingerprint density at radius 2 is 2.00 bits per heavy atom. The van der Waals surface area contributed by atoms with E-state index in [4.69, 9.17) is 12.2 Å². The van der Waals surface area contributed by atoms with Crippen molar-refractivity contribution in [3.8, 4) is 6.07 Å².